The van der Waals surface area contributed by atoms with Crippen LogP contribution >= 0.6 is 0 Å². The molecule has 0 unspecified atom stereocenters. The molecule has 2 N–H and O–H groups in total. The van der Waals surface area contributed by atoms with Crippen LogP contribution in [0.25, 0.3) is 10.9 Å². The summed E-state index contributed by atoms with van der Waals surface area (Å²) in [5.41, 5.74) is 1.75. The quantitative estimate of drug-likeness (QED) is 0.860. The van der Waals surface area contributed by atoms with Crippen molar-refractivity contribution in [3.8, 4) is 0 Å². The molecule has 1 aliphatic rings. The fourth-order valence-electron chi connectivity index (χ4n) is 1.88. The van der Waals surface area contributed by atoms with Crippen molar-refractivity contribution in [2.75, 3.05) is 11.9 Å². The molecule has 4 heteroatoms. The molecule has 1 heterocycles. The zero-order valence-electron chi connectivity index (χ0n) is 10.0. The Morgan fingerprint density at radius 3 is 3.06 bits per heavy atom. The van der Waals surface area contributed by atoms with Gasteiger partial charge in [-0.25, -0.2) is 0 Å². The van der Waals surface area contributed by atoms with Gasteiger partial charge in [-0.05, 0) is 37.1 Å². The van der Waals surface area contributed by atoms with Crippen LogP contribution in [-0.4, -0.2) is 23.5 Å². The second-order valence-corrected chi connectivity index (χ2v) is 4.61. The van der Waals surface area contributed by atoms with Gasteiger partial charge in [-0.2, -0.15) is 0 Å². The second-order valence-electron chi connectivity index (χ2n) is 4.61. The minimum absolute atomic E-state index is 0.00476. The Balaban J connectivity index is 1.67. The lowest BCUT2D eigenvalue weighted by Gasteiger charge is -2.06. The fraction of sp³-hybridized carbons (Fsp3) is 0.286. The van der Waals surface area contributed by atoms with Gasteiger partial charge in [-0.3, -0.25) is 9.78 Å². The molecule has 1 fully saturated rings. The number of nitrogens with one attached hydrogen (secondary N) is 2. The summed E-state index contributed by atoms with van der Waals surface area (Å²) in [6.45, 7) is 0.385. The first kappa shape index (κ1) is 11.2. The average molecular weight is 241 g/mol. The molecule has 0 radical (unpaired) electrons. The number of aromatic nitrogens is 1. The van der Waals surface area contributed by atoms with E-state index in [4.69, 9.17) is 0 Å². The number of fused-ring (bicyclic) bond motifs is 1. The summed E-state index contributed by atoms with van der Waals surface area (Å²) in [4.78, 5) is 15.9. The number of carbonyl (C=O) groups excluding carboxylic acids is 1. The van der Waals surface area contributed by atoms with E-state index in [1.54, 1.807) is 6.20 Å². The number of rotatable bonds is 4. The van der Waals surface area contributed by atoms with Crippen molar-refractivity contribution < 1.29 is 4.79 Å². The monoisotopic (exact) mass is 241 g/mol. The first-order chi connectivity index (χ1) is 8.81. The molecule has 1 saturated carbocycles. The number of amides is 1. The Morgan fingerprint density at radius 1 is 1.33 bits per heavy atom. The maximum Gasteiger partial charge on any atom is 0.238 e. The Hall–Kier alpha value is -1.94. The van der Waals surface area contributed by atoms with Crippen molar-refractivity contribution in [1.82, 2.24) is 10.3 Å². The number of pyridine rings is 1. The molecule has 0 atom stereocenters. The largest absolute Gasteiger partial charge is 0.325 e. The number of nitrogens with zero attached hydrogens (tertiary/aromatic N) is 1. The normalized spacial score (nSPS) is 14.7. The lowest BCUT2D eigenvalue weighted by Crippen LogP contribution is -2.29. The molecule has 1 aromatic heterocycles. The fourth-order valence-corrected chi connectivity index (χ4v) is 1.88. The number of anilines is 1. The Kier molecular flexibility index (Phi) is 2.94. The van der Waals surface area contributed by atoms with Gasteiger partial charge in [0.25, 0.3) is 0 Å². The van der Waals surface area contributed by atoms with E-state index >= 15 is 0 Å². The number of hydrogen-bond donors (Lipinski definition) is 2. The van der Waals surface area contributed by atoms with Crippen LogP contribution in [0.15, 0.2) is 36.5 Å². The second kappa shape index (κ2) is 4.74. The van der Waals surface area contributed by atoms with Gasteiger partial charge in [0.2, 0.25) is 5.91 Å². The minimum Gasteiger partial charge on any atom is -0.325 e. The van der Waals surface area contributed by atoms with Crippen LogP contribution in [0.2, 0.25) is 0 Å². The van der Waals surface area contributed by atoms with E-state index in [1.165, 1.54) is 12.8 Å². The summed E-state index contributed by atoms with van der Waals surface area (Å²) < 4.78 is 0. The average Bonchev–Trinajstić information content (AvgIpc) is 3.20. The van der Waals surface area contributed by atoms with Crippen LogP contribution in [0.4, 0.5) is 5.69 Å². The molecule has 1 amide bonds. The molecule has 0 aliphatic heterocycles. The summed E-state index contributed by atoms with van der Waals surface area (Å²) in [5, 5.41) is 7.11. The van der Waals surface area contributed by atoms with E-state index in [9.17, 15) is 4.79 Å². The van der Waals surface area contributed by atoms with Crippen LogP contribution < -0.4 is 10.6 Å². The van der Waals surface area contributed by atoms with Crippen molar-refractivity contribution in [2.45, 2.75) is 18.9 Å². The van der Waals surface area contributed by atoms with E-state index in [2.05, 4.69) is 15.6 Å². The van der Waals surface area contributed by atoms with Crippen molar-refractivity contribution in [1.29, 1.82) is 0 Å². The SMILES string of the molecule is O=C(CNC1CC1)Nc1ccc2ncccc2c1. The molecule has 0 spiro atoms. The Morgan fingerprint density at radius 2 is 2.22 bits per heavy atom. The lowest BCUT2D eigenvalue weighted by molar-refractivity contribution is -0.115. The molecule has 92 valence electrons. The van der Waals surface area contributed by atoms with Crippen molar-refractivity contribution in [3.63, 3.8) is 0 Å². The van der Waals surface area contributed by atoms with E-state index in [0.717, 1.165) is 16.6 Å². The Labute approximate surface area is 105 Å². The van der Waals surface area contributed by atoms with E-state index in [1.807, 2.05) is 30.3 Å². The first-order valence-electron chi connectivity index (χ1n) is 6.19. The van der Waals surface area contributed by atoms with Gasteiger partial charge in [-0.15, -0.1) is 0 Å². The summed E-state index contributed by atoms with van der Waals surface area (Å²) in [6, 6.07) is 10.2. The molecular weight excluding hydrogens is 226 g/mol. The molecule has 4 nitrogen and oxygen atoms in total. The number of hydrogen-bond acceptors (Lipinski definition) is 3. The molecule has 1 aromatic carbocycles. The molecule has 1 aliphatic carbocycles. The highest BCUT2D eigenvalue weighted by molar-refractivity contribution is 5.94. The predicted octanol–water partition coefficient (Wildman–Crippen LogP) is 1.93. The van der Waals surface area contributed by atoms with Crippen LogP contribution in [0.3, 0.4) is 0 Å². The Bertz CT molecular complexity index is 578. The summed E-state index contributed by atoms with van der Waals surface area (Å²) in [5.74, 6) is 0.00476. The zero-order valence-corrected chi connectivity index (χ0v) is 10.0. The van der Waals surface area contributed by atoms with Crippen LogP contribution in [0.5, 0.6) is 0 Å². The van der Waals surface area contributed by atoms with Crippen molar-refractivity contribution >= 4 is 22.5 Å². The minimum atomic E-state index is 0.00476. The molecule has 3 rings (SSSR count). The lowest BCUT2D eigenvalue weighted by atomic mass is 10.2. The van der Waals surface area contributed by atoms with Gasteiger partial charge >= 0.3 is 0 Å². The van der Waals surface area contributed by atoms with Gasteiger partial charge < -0.3 is 10.6 Å². The summed E-state index contributed by atoms with van der Waals surface area (Å²) in [7, 11) is 0. The van der Waals surface area contributed by atoms with E-state index in [-0.39, 0.29) is 5.91 Å². The third-order valence-electron chi connectivity index (χ3n) is 3.02. The number of benzene rings is 1. The van der Waals surface area contributed by atoms with Gasteiger partial charge in [0.1, 0.15) is 0 Å². The summed E-state index contributed by atoms with van der Waals surface area (Å²) in [6.07, 6.45) is 4.14. The molecule has 0 saturated heterocycles. The highest BCUT2D eigenvalue weighted by Gasteiger charge is 2.21. The topological polar surface area (TPSA) is 54.0 Å². The third-order valence-corrected chi connectivity index (χ3v) is 3.02. The van der Waals surface area contributed by atoms with Crippen LogP contribution in [-0.2, 0) is 4.79 Å². The van der Waals surface area contributed by atoms with Gasteiger partial charge in [-0.1, -0.05) is 6.07 Å². The smallest absolute Gasteiger partial charge is 0.238 e. The van der Waals surface area contributed by atoms with E-state index in [0.29, 0.717) is 12.6 Å². The molecular formula is C14H15N3O. The highest BCUT2D eigenvalue weighted by Crippen LogP contribution is 2.19. The zero-order chi connectivity index (χ0) is 12.4. The van der Waals surface area contributed by atoms with E-state index < -0.39 is 0 Å². The third kappa shape index (κ3) is 2.65. The number of carbonyl (C=O) groups is 1. The van der Waals surface area contributed by atoms with Crippen molar-refractivity contribution in [2.24, 2.45) is 0 Å². The molecule has 0 bridgehead atoms. The van der Waals surface area contributed by atoms with Crippen LogP contribution in [0.1, 0.15) is 12.8 Å². The molecule has 18 heavy (non-hydrogen) atoms. The first-order valence-corrected chi connectivity index (χ1v) is 6.19. The maximum absolute atomic E-state index is 11.7. The predicted molar refractivity (Wildman–Crippen MR) is 71.4 cm³/mol. The van der Waals surface area contributed by atoms with Gasteiger partial charge in [0, 0.05) is 23.3 Å². The standard InChI is InChI=1S/C14H15N3O/c18-14(9-16-11-3-4-11)17-12-5-6-13-10(8-12)2-1-7-15-13/h1-2,5-8,11,16H,3-4,9H2,(H,17,18). The van der Waals surface area contributed by atoms with Gasteiger partial charge in [0.15, 0.2) is 0 Å². The molecule has 2 aromatic rings. The highest BCUT2D eigenvalue weighted by atomic mass is 16.1. The van der Waals surface area contributed by atoms with Gasteiger partial charge in [0.05, 0.1) is 12.1 Å². The van der Waals surface area contributed by atoms with Crippen molar-refractivity contribution in [3.05, 3.63) is 36.5 Å². The van der Waals surface area contributed by atoms with Crippen LogP contribution in [0, 0.1) is 0 Å². The maximum atomic E-state index is 11.7. The summed E-state index contributed by atoms with van der Waals surface area (Å²) >= 11 is 0.